The Morgan fingerprint density at radius 3 is 1.13 bits per heavy atom. The summed E-state index contributed by atoms with van der Waals surface area (Å²) in [5.74, 6) is 0.679. The van der Waals surface area contributed by atoms with Gasteiger partial charge in [-0.1, -0.05) is 90.2 Å². The van der Waals surface area contributed by atoms with Crippen LogP contribution in [0.4, 0.5) is 0 Å². The van der Waals surface area contributed by atoms with Gasteiger partial charge in [0.25, 0.3) is 0 Å². The van der Waals surface area contributed by atoms with Crippen LogP contribution in [0, 0.1) is 0 Å². The molecule has 0 aliphatic rings. The molecular formula is C27H52O3. The van der Waals surface area contributed by atoms with Gasteiger partial charge in [0, 0.05) is 19.3 Å². The number of ketones is 3. The predicted molar refractivity (Wildman–Crippen MR) is 138 cm³/mol. The lowest BCUT2D eigenvalue weighted by Gasteiger charge is -1.79. The molecule has 0 amide bonds. The Hall–Kier alpha value is -2.03. The molecule has 0 unspecified atom stereocenters. The van der Waals surface area contributed by atoms with Crippen molar-refractivity contribution in [1.82, 2.24) is 0 Å². The fourth-order valence-corrected chi connectivity index (χ4v) is 0.943. The van der Waals surface area contributed by atoms with Gasteiger partial charge in [-0.15, -0.1) is 0 Å². The van der Waals surface area contributed by atoms with Crippen molar-refractivity contribution < 1.29 is 14.4 Å². The summed E-state index contributed by atoms with van der Waals surface area (Å²) in [6.07, 6.45) is 19.7. The van der Waals surface area contributed by atoms with Gasteiger partial charge in [0.1, 0.15) is 17.3 Å². The maximum absolute atomic E-state index is 10.3. The monoisotopic (exact) mass is 424 g/mol. The van der Waals surface area contributed by atoms with E-state index in [0.29, 0.717) is 19.3 Å². The Bertz CT molecular complexity index is 453. The first kappa shape index (κ1) is 42.1. The van der Waals surface area contributed by atoms with Gasteiger partial charge in [0.15, 0.2) is 0 Å². The van der Waals surface area contributed by atoms with Gasteiger partial charge in [0.2, 0.25) is 0 Å². The minimum Gasteiger partial charge on any atom is -0.300 e. The van der Waals surface area contributed by atoms with Crippen molar-refractivity contribution in [3.8, 4) is 0 Å². The Balaban J connectivity index is -0.0000000622. The van der Waals surface area contributed by atoms with E-state index in [2.05, 4.69) is 32.9 Å². The minimum atomic E-state index is 0. The fourth-order valence-electron chi connectivity index (χ4n) is 0.943. The van der Waals surface area contributed by atoms with Crippen LogP contribution in [0.5, 0.6) is 0 Å². The zero-order valence-electron chi connectivity index (χ0n) is 20.9. The molecule has 0 N–H and O–H groups in total. The standard InChI is InChI=1S/C8H12O.C6H10O.C5H10.C4H8O.C3H8.CH4/c1-3-4-5-6-7-8(2)9;1-3-4-5-6(2)7;1-3-5-4-2;1-3-4(2)5;1-3-2;/h3-6H,7H2,1-2H3;3-4H,5H2,1-2H3;3,5H,4H2,1-2H3;3H2,1-2H3;3H2,1-2H3;1H4. The molecule has 0 fully saturated rings. The number of rotatable bonds is 7. The van der Waals surface area contributed by atoms with Crippen molar-refractivity contribution in [2.24, 2.45) is 0 Å². The van der Waals surface area contributed by atoms with Crippen molar-refractivity contribution >= 4 is 17.3 Å². The maximum atomic E-state index is 10.3. The van der Waals surface area contributed by atoms with Gasteiger partial charge in [-0.05, 0) is 48.0 Å². The van der Waals surface area contributed by atoms with E-state index >= 15 is 0 Å². The maximum Gasteiger partial charge on any atom is 0.133 e. The summed E-state index contributed by atoms with van der Waals surface area (Å²) < 4.78 is 0. The molecule has 0 atom stereocenters. The second-order valence-corrected chi connectivity index (χ2v) is 6.08. The molecule has 3 heteroatoms. The van der Waals surface area contributed by atoms with Crippen LogP contribution < -0.4 is 0 Å². The zero-order valence-corrected chi connectivity index (χ0v) is 20.9. The van der Waals surface area contributed by atoms with E-state index in [1.807, 2.05) is 64.2 Å². The summed E-state index contributed by atoms with van der Waals surface area (Å²) in [6, 6.07) is 0. The Morgan fingerprint density at radius 1 is 0.600 bits per heavy atom. The Kier molecular flexibility index (Phi) is 64.1. The molecular weight excluding hydrogens is 372 g/mol. The first-order valence-electron chi connectivity index (χ1n) is 10.6. The molecule has 0 aliphatic heterocycles. The highest BCUT2D eigenvalue weighted by molar-refractivity contribution is 5.77. The smallest absolute Gasteiger partial charge is 0.133 e. The molecule has 0 aliphatic carbocycles. The summed E-state index contributed by atoms with van der Waals surface area (Å²) in [6.45, 7) is 18.9. The highest BCUT2D eigenvalue weighted by Crippen LogP contribution is 1.84. The van der Waals surface area contributed by atoms with Crippen molar-refractivity contribution in [3.05, 3.63) is 48.6 Å². The minimum absolute atomic E-state index is 0. The van der Waals surface area contributed by atoms with Crippen LogP contribution in [0.1, 0.15) is 109 Å². The van der Waals surface area contributed by atoms with Gasteiger partial charge in [0.05, 0.1) is 0 Å². The van der Waals surface area contributed by atoms with Crippen molar-refractivity contribution in [3.63, 3.8) is 0 Å². The van der Waals surface area contributed by atoms with Gasteiger partial charge in [-0.25, -0.2) is 0 Å². The Morgan fingerprint density at radius 2 is 0.967 bits per heavy atom. The summed E-state index contributed by atoms with van der Waals surface area (Å²) in [4.78, 5) is 30.3. The summed E-state index contributed by atoms with van der Waals surface area (Å²) in [7, 11) is 0. The van der Waals surface area contributed by atoms with Gasteiger partial charge in [-0.3, -0.25) is 9.59 Å². The number of allylic oxidation sites excluding steroid dienone is 8. The van der Waals surface area contributed by atoms with Gasteiger partial charge in [-0.2, -0.15) is 0 Å². The number of carbonyl (C=O) groups is 3. The topological polar surface area (TPSA) is 51.2 Å². The molecule has 3 nitrogen and oxygen atoms in total. The summed E-state index contributed by atoms with van der Waals surface area (Å²) in [5, 5.41) is 0. The average molecular weight is 425 g/mol. The SMILES string of the molecule is C.CC=CC=CCC(C)=O.CC=CCC.CC=CCC(C)=O.CCC.CCC(C)=O. The Labute approximate surface area is 189 Å². The van der Waals surface area contributed by atoms with Crippen LogP contribution in [0.3, 0.4) is 0 Å². The lowest BCUT2D eigenvalue weighted by atomic mass is 10.3. The first-order valence-corrected chi connectivity index (χ1v) is 10.6. The highest BCUT2D eigenvalue weighted by Gasteiger charge is 1.82. The van der Waals surface area contributed by atoms with Crippen LogP contribution in [0.15, 0.2) is 48.6 Å². The quantitative estimate of drug-likeness (QED) is 0.303. The number of Topliss-reactive ketones (excluding diaryl/α,β-unsaturated/α-hetero) is 3. The molecule has 0 aromatic rings. The first-order chi connectivity index (χ1) is 13.6. The van der Waals surface area contributed by atoms with E-state index in [4.69, 9.17) is 0 Å². The second kappa shape index (κ2) is 45.6. The molecule has 0 radical (unpaired) electrons. The van der Waals surface area contributed by atoms with Crippen molar-refractivity contribution in [2.75, 3.05) is 0 Å². The van der Waals surface area contributed by atoms with E-state index in [0.717, 1.165) is 6.42 Å². The van der Waals surface area contributed by atoms with E-state index in [-0.39, 0.29) is 24.8 Å². The van der Waals surface area contributed by atoms with Gasteiger partial charge >= 0.3 is 0 Å². The number of carbonyl (C=O) groups excluding carboxylic acids is 3. The molecule has 30 heavy (non-hydrogen) atoms. The molecule has 0 aromatic carbocycles. The summed E-state index contributed by atoms with van der Waals surface area (Å²) in [5.41, 5.74) is 0. The lowest BCUT2D eigenvalue weighted by Crippen LogP contribution is -1.82. The fraction of sp³-hybridized carbons (Fsp3) is 0.593. The third kappa shape index (κ3) is 113. The zero-order chi connectivity index (χ0) is 23.9. The van der Waals surface area contributed by atoms with E-state index in [1.165, 1.54) is 6.42 Å². The van der Waals surface area contributed by atoms with Crippen LogP contribution in [-0.4, -0.2) is 17.3 Å². The third-order valence-corrected chi connectivity index (χ3v) is 2.46. The lowest BCUT2D eigenvalue weighted by molar-refractivity contribution is -0.117. The highest BCUT2D eigenvalue weighted by atomic mass is 16.1. The van der Waals surface area contributed by atoms with Crippen LogP contribution in [-0.2, 0) is 14.4 Å². The predicted octanol–water partition coefficient (Wildman–Crippen LogP) is 8.65. The molecule has 0 spiro atoms. The molecule has 0 bridgehead atoms. The normalized spacial score (nSPS) is 9.27. The van der Waals surface area contributed by atoms with Crippen molar-refractivity contribution in [1.29, 1.82) is 0 Å². The number of hydrogen-bond acceptors (Lipinski definition) is 3. The third-order valence-electron chi connectivity index (χ3n) is 2.46. The van der Waals surface area contributed by atoms with E-state index in [1.54, 1.807) is 20.8 Å². The summed E-state index contributed by atoms with van der Waals surface area (Å²) >= 11 is 0. The second-order valence-electron chi connectivity index (χ2n) is 6.08. The van der Waals surface area contributed by atoms with Crippen LogP contribution in [0.2, 0.25) is 0 Å². The molecule has 0 saturated carbocycles. The molecule has 0 heterocycles. The van der Waals surface area contributed by atoms with Crippen LogP contribution >= 0.6 is 0 Å². The van der Waals surface area contributed by atoms with Crippen molar-refractivity contribution in [2.45, 2.75) is 109 Å². The van der Waals surface area contributed by atoms with Gasteiger partial charge < -0.3 is 4.79 Å². The molecule has 0 saturated heterocycles. The molecule has 0 rings (SSSR count). The molecule has 178 valence electrons. The average Bonchev–Trinajstić information content (AvgIpc) is 2.66. The largest absolute Gasteiger partial charge is 0.300 e. The number of hydrogen-bond donors (Lipinski definition) is 0. The molecule has 0 aromatic heterocycles. The van der Waals surface area contributed by atoms with E-state index in [9.17, 15) is 14.4 Å². The van der Waals surface area contributed by atoms with Crippen LogP contribution in [0.25, 0.3) is 0 Å². The van der Waals surface area contributed by atoms with E-state index < -0.39 is 0 Å².